The maximum absolute atomic E-state index is 5.12. The highest BCUT2D eigenvalue weighted by atomic mass is 127. The van der Waals surface area contributed by atoms with Gasteiger partial charge in [-0.25, -0.2) is 4.68 Å². The third-order valence-corrected chi connectivity index (χ3v) is 3.23. The van der Waals surface area contributed by atoms with E-state index in [1.165, 1.54) is 5.56 Å². The lowest BCUT2D eigenvalue weighted by Crippen LogP contribution is -1.94. The zero-order valence-electron chi connectivity index (χ0n) is 12.3. The average Bonchev–Trinajstić information content (AvgIpc) is 2.93. The highest BCUT2D eigenvalue weighted by Gasteiger charge is 2.06. The fourth-order valence-electron chi connectivity index (χ4n) is 1.84. The Morgan fingerprint density at radius 2 is 1.95 bits per heavy atom. The third-order valence-electron chi connectivity index (χ3n) is 2.73. The van der Waals surface area contributed by atoms with E-state index in [-0.39, 0.29) is 0 Å². The molecule has 1 aromatic carbocycles. The van der Waals surface area contributed by atoms with Crippen molar-refractivity contribution in [1.29, 1.82) is 0 Å². The van der Waals surface area contributed by atoms with Gasteiger partial charge in [0.15, 0.2) is 23.0 Å². The predicted octanol–water partition coefficient (Wildman–Crippen LogP) is 5.22. The van der Waals surface area contributed by atoms with E-state index in [1.54, 1.807) is 0 Å². The largest absolute Gasteiger partial charge is 0.428 e. The molecule has 1 heterocycles. The lowest BCUT2D eigenvalue weighted by molar-refractivity contribution is 0.715. The summed E-state index contributed by atoms with van der Waals surface area (Å²) in [5.41, 5.74) is 3.23. The summed E-state index contributed by atoms with van der Waals surface area (Å²) in [4.78, 5) is 0. The summed E-state index contributed by atoms with van der Waals surface area (Å²) < 4.78 is 7.01. The SMILES string of the molecule is C=Cc1nn(-c2ccc(OI)cc2)cc1CCC.CC. The Morgan fingerprint density at radius 3 is 2.45 bits per heavy atom. The zero-order valence-corrected chi connectivity index (χ0v) is 14.4. The molecule has 108 valence electrons. The molecule has 0 saturated heterocycles. The molecule has 4 heteroatoms. The van der Waals surface area contributed by atoms with Crippen LogP contribution in [0.25, 0.3) is 11.8 Å². The first-order chi connectivity index (χ1) is 9.78. The molecule has 0 saturated carbocycles. The van der Waals surface area contributed by atoms with Crippen LogP contribution in [0.4, 0.5) is 0 Å². The van der Waals surface area contributed by atoms with Crippen LogP contribution in [-0.4, -0.2) is 9.78 Å². The topological polar surface area (TPSA) is 27.1 Å². The van der Waals surface area contributed by atoms with Crippen molar-refractivity contribution in [3.8, 4) is 11.4 Å². The molecule has 0 fully saturated rings. The number of rotatable bonds is 5. The van der Waals surface area contributed by atoms with Crippen LogP contribution in [0.3, 0.4) is 0 Å². The summed E-state index contributed by atoms with van der Waals surface area (Å²) in [5.74, 6) is 0.837. The van der Waals surface area contributed by atoms with Gasteiger partial charge in [0.2, 0.25) is 0 Å². The van der Waals surface area contributed by atoms with Gasteiger partial charge >= 0.3 is 0 Å². The summed E-state index contributed by atoms with van der Waals surface area (Å²) in [6.07, 6.45) is 6.01. The van der Waals surface area contributed by atoms with E-state index in [9.17, 15) is 0 Å². The highest BCUT2D eigenvalue weighted by molar-refractivity contribution is 14.1. The Hall–Kier alpha value is -1.30. The molecule has 0 aliphatic carbocycles. The molecule has 0 amide bonds. The van der Waals surface area contributed by atoms with Crippen LogP contribution < -0.4 is 3.07 Å². The maximum atomic E-state index is 5.12. The summed E-state index contributed by atoms with van der Waals surface area (Å²) in [6.45, 7) is 9.97. The minimum Gasteiger partial charge on any atom is -0.428 e. The van der Waals surface area contributed by atoms with Crippen molar-refractivity contribution >= 4 is 29.1 Å². The van der Waals surface area contributed by atoms with Gasteiger partial charge in [0.1, 0.15) is 5.75 Å². The smallest absolute Gasteiger partial charge is 0.192 e. The van der Waals surface area contributed by atoms with Crippen molar-refractivity contribution in [1.82, 2.24) is 9.78 Å². The van der Waals surface area contributed by atoms with Gasteiger partial charge < -0.3 is 3.07 Å². The molecule has 3 nitrogen and oxygen atoms in total. The second-order valence-corrected chi connectivity index (χ2v) is 4.45. The maximum Gasteiger partial charge on any atom is 0.192 e. The molecule has 0 unspecified atom stereocenters. The Balaban J connectivity index is 0.000000956. The first-order valence-electron chi connectivity index (χ1n) is 6.88. The second-order valence-electron chi connectivity index (χ2n) is 4.01. The molecule has 2 rings (SSSR count). The summed E-state index contributed by atoms with van der Waals surface area (Å²) in [5, 5.41) is 4.53. The standard InChI is InChI=1S/C14H15IN2O.C2H6/c1-3-5-11-10-17(16-14(11)4-2)12-6-8-13(18-15)9-7-12;1-2/h4,6-10H,2-3,5H2,1H3;1-2H3. The van der Waals surface area contributed by atoms with Crippen LogP contribution in [-0.2, 0) is 6.42 Å². The zero-order chi connectivity index (χ0) is 15.0. The molecule has 0 spiro atoms. The van der Waals surface area contributed by atoms with Crippen molar-refractivity contribution < 1.29 is 3.07 Å². The minimum atomic E-state index is 0.837. The molecule has 2 aromatic rings. The highest BCUT2D eigenvalue weighted by Crippen LogP contribution is 2.19. The Kier molecular flexibility index (Phi) is 7.36. The van der Waals surface area contributed by atoms with Crippen molar-refractivity contribution in [2.75, 3.05) is 0 Å². The van der Waals surface area contributed by atoms with Gasteiger partial charge in [-0.05, 0) is 42.3 Å². The van der Waals surface area contributed by atoms with Crippen LogP contribution >= 0.6 is 23.0 Å². The van der Waals surface area contributed by atoms with E-state index in [4.69, 9.17) is 3.07 Å². The van der Waals surface area contributed by atoms with E-state index < -0.39 is 0 Å². The molecule has 0 aliphatic heterocycles. The molecular weight excluding hydrogens is 363 g/mol. The molecule has 0 atom stereocenters. The fourth-order valence-corrected chi connectivity index (χ4v) is 2.13. The number of halogens is 1. The van der Waals surface area contributed by atoms with E-state index in [0.29, 0.717) is 0 Å². The van der Waals surface area contributed by atoms with Gasteiger partial charge in [0.05, 0.1) is 11.4 Å². The van der Waals surface area contributed by atoms with Gasteiger partial charge in [-0.15, -0.1) is 0 Å². The molecule has 0 N–H and O–H groups in total. The average molecular weight is 384 g/mol. The van der Waals surface area contributed by atoms with Crippen LogP contribution in [0.5, 0.6) is 5.75 Å². The van der Waals surface area contributed by atoms with Gasteiger partial charge in [-0.3, -0.25) is 0 Å². The van der Waals surface area contributed by atoms with Gasteiger partial charge in [-0.1, -0.05) is 33.8 Å². The number of aryl methyl sites for hydroxylation is 1. The van der Waals surface area contributed by atoms with Crippen LogP contribution in [0.1, 0.15) is 38.4 Å². The van der Waals surface area contributed by atoms with Crippen LogP contribution in [0, 0.1) is 0 Å². The molecular formula is C16H21IN2O. The molecule has 0 radical (unpaired) electrons. The lowest BCUT2D eigenvalue weighted by atomic mass is 10.1. The summed E-state index contributed by atoms with van der Waals surface area (Å²) in [7, 11) is 0. The van der Waals surface area contributed by atoms with Gasteiger partial charge in [0, 0.05) is 6.20 Å². The van der Waals surface area contributed by atoms with E-state index >= 15 is 0 Å². The van der Waals surface area contributed by atoms with Crippen molar-refractivity contribution in [3.63, 3.8) is 0 Å². The Labute approximate surface area is 135 Å². The monoisotopic (exact) mass is 384 g/mol. The lowest BCUT2D eigenvalue weighted by Gasteiger charge is -2.01. The summed E-state index contributed by atoms with van der Waals surface area (Å²) in [6, 6.07) is 7.83. The predicted molar refractivity (Wildman–Crippen MR) is 93.6 cm³/mol. The molecule has 20 heavy (non-hydrogen) atoms. The number of benzene rings is 1. The first-order valence-corrected chi connectivity index (χ1v) is 7.76. The van der Waals surface area contributed by atoms with Crippen LogP contribution in [0.2, 0.25) is 0 Å². The van der Waals surface area contributed by atoms with E-state index in [1.807, 2.05) is 71.9 Å². The van der Waals surface area contributed by atoms with E-state index in [2.05, 4.69) is 24.8 Å². The Bertz CT molecular complexity index is 532. The summed E-state index contributed by atoms with van der Waals surface area (Å²) >= 11 is 1.87. The van der Waals surface area contributed by atoms with Gasteiger partial charge in [0.25, 0.3) is 0 Å². The Morgan fingerprint density at radius 1 is 1.30 bits per heavy atom. The normalized spacial score (nSPS) is 9.60. The number of aromatic nitrogens is 2. The quantitative estimate of drug-likeness (QED) is 0.661. The van der Waals surface area contributed by atoms with Crippen molar-refractivity contribution in [2.45, 2.75) is 33.6 Å². The molecule has 0 aliphatic rings. The minimum absolute atomic E-state index is 0.837. The van der Waals surface area contributed by atoms with Gasteiger partial charge in [-0.2, -0.15) is 5.10 Å². The molecule has 0 bridgehead atoms. The number of hydrogen-bond donors (Lipinski definition) is 0. The fraction of sp³-hybridized carbons (Fsp3) is 0.312. The van der Waals surface area contributed by atoms with E-state index in [0.717, 1.165) is 30.0 Å². The number of nitrogens with zero attached hydrogens (tertiary/aromatic N) is 2. The third kappa shape index (κ3) is 4.10. The number of hydrogen-bond acceptors (Lipinski definition) is 2. The molecule has 1 aromatic heterocycles. The second kappa shape index (κ2) is 8.79. The van der Waals surface area contributed by atoms with Crippen molar-refractivity contribution in [2.24, 2.45) is 0 Å². The first kappa shape index (κ1) is 16.8. The van der Waals surface area contributed by atoms with Crippen LogP contribution in [0.15, 0.2) is 37.0 Å². The van der Waals surface area contributed by atoms with Crippen molar-refractivity contribution in [3.05, 3.63) is 48.3 Å².